The number of hydrogen-bond acceptors (Lipinski definition) is 3. The lowest BCUT2D eigenvalue weighted by atomic mass is 10.1. The summed E-state index contributed by atoms with van der Waals surface area (Å²) >= 11 is 0. The van der Waals surface area contributed by atoms with Crippen molar-refractivity contribution in [2.75, 3.05) is 16.8 Å². The zero-order valence-electron chi connectivity index (χ0n) is 9.43. The number of rotatable bonds is 1. The number of aromatic nitrogens is 1. The van der Waals surface area contributed by atoms with E-state index in [1.165, 1.54) is 0 Å². The van der Waals surface area contributed by atoms with Crippen LogP contribution in [0.2, 0.25) is 0 Å². The van der Waals surface area contributed by atoms with Gasteiger partial charge in [-0.2, -0.15) is 0 Å². The van der Waals surface area contributed by atoms with Crippen molar-refractivity contribution < 1.29 is 14.7 Å². The minimum atomic E-state index is -1.02. The first-order valence-electron chi connectivity index (χ1n) is 5.59. The van der Waals surface area contributed by atoms with E-state index in [9.17, 15) is 9.59 Å². The molecule has 2 aliphatic rings. The van der Waals surface area contributed by atoms with Crippen LogP contribution in [0.1, 0.15) is 23.3 Å². The number of anilines is 2. The molecule has 0 aromatic carbocycles. The summed E-state index contributed by atoms with van der Waals surface area (Å²) in [6, 6.07) is -0.133. The molecule has 17 heavy (non-hydrogen) atoms. The number of nitrogens with zero attached hydrogens (tertiary/aromatic N) is 2. The number of fused-ring (bicyclic) bond motifs is 3. The SMILES string of the molecule is Cn1cc2c(c1C(=O)O)NC(=O)[C@@H]1CCCN21. The molecule has 6 heteroatoms. The van der Waals surface area contributed by atoms with Crippen LogP contribution < -0.4 is 10.2 Å². The molecule has 0 saturated carbocycles. The normalized spacial score (nSPS) is 22.1. The summed E-state index contributed by atoms with van der Waals surface area (Å²) in [4.78, 5) is 25.0. The van der Waals surface area contributed by atoms with Gasteiger partial charge in [-0.15, -0.1) is 0 Å². The highest BCUT2D eigenvalue weighted by Crippen LogP contribution is 2.39. The molecule has 1 amide bonds. The lowest BCUT2D eigenvalue weighted by Crippen LogP contribution is -2.43. The van der Waals surface area contributed by atoms with Crippen LogP contribution in [-0.4, -0.2) is 34.1 Å². The van der Waals surface area contributed by atoms with E-state index in [4.69, 9.17) is 5.11 Å². The minimum absolute atomic E-state index is 0.0938. The molecule has 6 nitrogen and oxygen atoms in total. The summed E-state index contributed by atoms with van der Waals surface area (Å²) in [5.74, 6) is -1.12. The van der Waals surface area contributed by atoms with Crippen molar-refractivity contribution in [3.8, 4) is 0 Å². The number of carboxylic acid groups (broad SMARTS) is 1. The Morgan fingerprint density at radius 1 is 1.59 bits per heavy atom. The van der Waals surface area contributed by atoms with Crippen molar-refractivity contribution in [3.05, 3.63) is 11.9 Å². The van der Waals surface area contributed by atoms with E-state index in [0.29, 0.717) is 5.69 Å². The van der Waals surface area contributed by atoms with Gasteiger partial charge in [-0.1, -0.05) is 0 Å². The van der Waals surface area contributed by atoms with Crippen LogP contribution in [0.3, 0.4) is 0 Å². The molecule has 1 atom stereocenters. The van der Waals surface area contributed by atoms with Gasteiger partial charge in [0.15, 0.2) is 5.69 Å². The zero-order chi connectivity index (χ0) is 12.2. The average molecular weight is 235 g/mol. The Morgan fingerprint density at radius 3 is 3.06 bits per heavy atom. The highest BCUT2D eigenvalue weighted by molar-refractivity contribution is 6.09. The predicted molar refractivity (Wildman–Crippen MR) is 61.4 cm³/mol. The van der Waals surface area contributed by atoms with Gasteiger partial charge >= 0.3 is 5.97 Å². The molecule has 0 aliphatic carbocycles. The maximum absolute atomic E-state index is 11.9. The Balaban J connectivity index is 2.17. The maximum atomic E-state index is 11.9. The van der Waals surface area contributed by atoms with Crippen LogP contribution in [0.25, 0.3) is 0 Å². The number of carbonyl (C=O) groups is 2. The van der Waals surface area contributed by atoms with Crippen molar-refractivity contribution >= 4 is 23.3 Å². The maximum Gasteiger partial charge on any atom is 0.354 e. The molecule has 1 aromatic heterocycles. The monoisotopic (exact) mass is 235 g/mol. The second kappa shape index (κ2) is 3.26. The Kier molecular flexibility index (Phi) is 1.95. The highest BCUT2D eigenvalue weighted by atomic mass is 16.4. The number of amides is 1. The Hall–Kier alpha value is -1.98. The van der Waals surface area contributed by atoms with Crippen LogP contribution in [0, 0.1) is 0 Å². The molecule has 3 heterocycles. The fourth-order valence-electron chi connectivity index (χ4n) is 2.74. The van der Waals surface area contributed by atoms with Crippen molar-refractivity contribution in [2.24, 2.45) is 7.05 Å². The molecule has 2 aliphatic heterocycles. The van der Waals surface area contributed by atoms with Gasteiger partial charge in [-0.25, -0.2) is 4.79 Å². The second-order valence-electron chi connectivity index (χ2n) is 4.49. The Morgan fingerprint density at radius 2 is 2.35 bits per heavy atom. The van der Waals surface area contributed by atoms with Gasteiger partial charge in [0.1, 0.15) is 6.04 Å². The molecule has 1 aromatic rings. The third-order valence-electron chi connectivity index (χ3n) is 3.48. The first kappa shape index (κ1) is 10.2. The van der Waals surface area contributed by atoms with E-state index in [1.54, 1.807) is 17.8 Å². The molecular formula is C11H13N3O3. The van der Waals surface area contributed by atoms with Crippen molar-refractivity contribution in [2.45, 2.75) is 18.9 Å². The van der Waals surface area contributed by atoms with Crippen LogP contribution in [-0.2, 0) is 11.8 Å². The van der Waals surface area contributed by atoms with Crippen LogP contribution >= 0.6 is 0 Å². The number of carboxylic acids is 1. The molecule has 0 spiro atoms. The molecule has 1 saturated heterocycles. The smallest absolute Gasteiger partial charge is 0.354 e. The minimum Gasteiger partial charge on any atom is -0.477 e. The Bertz CT molecular complexity index is 520. The molecule has 0 radical (unpaired) electrons. The molecule has 0 bridgehead atoms. The first-order chi connectivity index (χ1) is 8.09. The number of carbonyl (C=O) groups excluding carboxylic acids is 1. The zero-order valence-corrected chi connectivity index (χ0v) is 9.43. The van der Waals surface area contributed by atoms with Crippen LogP contribution in [0.4, 0.5) is 11.4 Å². The Labute approximate surface area is 97.8 Å². The topological polar surface area (TPSA) is 74.6 Å². The third-order valence-corrected chi connectivity index (χ3v) is 3.48. The van der Waals surface area contributed by atoms with Crippen molar-refractivity contribution in [1.29, 1.82) is 0 Å². The molecular weight excluding hydrogens is 222 g/mol. The number of hydrogen-bond donors (Lipinski definition) is 2. The van der Waals surface area contributed by atoms with E-state index in [1.807, 2.05) is 4.90 Å². The van der Waals surface area contributed by atoms with E-state index in [0.717, 1.165) is 25.1 Å². The molecule has 2 N–H and O–H groups in total. The average Bonchev–Trinajstić information content (AvgIpc) is 2.81. The van der Waals surface area contributed by atoms with Gasteiger partial charge in [0.25, 0.3) is 0 Å². The number of aryl methyl sites for hydroxylation is 1. The van der Waals surface area contributed by atoms with Gasteiger partial charge in [-0.05, 0) is 12.8 Å². The molecule has 3 rings (SSSR count). The standard InChI is InChI=1S/C11H13N3O3/c1-13-5-7-8(9(13)11(16)17)12-10(15)6-3-2-4-14(6)7/h5-6H,2-4H2,1H3,(H,12,15)(H,16,17)/t6-/m0/s1. The molecule has 90 valence electrons. The van der Waals surface area contributed by atoms with E-state index >= 15 is 0 Å². The van der Waals surface area contributed by atoms with Gasteiger partial charge in [0.05, 0.1) is 11.4 Å². The summed E-state index contributed by atoms with van der Waals surface area (Å²) < 4.78 is 1.55. The summed E-state index contributed by atoms with van der Waals surface area (Å²) in [6.07, 6.45) is 3.58. The van der Waals surface area contributed by atoms with Crippen LogP contribution in [0.5, 0.6) is 0 Å². The predicted octanol–water partition coefficient (Wildman–Crippen LogP) is 0.644. The lowest BCUT2D eigenvalue weighted by molar-refractivity contribution is -0.117. The van der Waals surface area contributed by atoms with Gasteiger partial charge in [-0.3, -0.25) is 4.79 Å². The summed E-state index contributed by atoms with van der Waals surface area (Å²) in [6.45, 7) is 0.814. The van der Waals surface area contributed by atoms with Gasteiger partial charge in [0, 0.05) is 19.8 Å². The van der Waals surface area contributed by atoms with Crippen molar-refractivity contribution in [1.82, 2.24) is 4.57 Å². The van der Waals surface area contributed by atoms with Gasteiger partial charge < -0.3 is 19.9 Å². The fourth-order valence-corrected chi connectivity index (χ4v) is 2.74. The number of aromatic carboxylic acids is 1. The second-order valence-corrected chi connectivity index (χ2v) is 4.49. The van der Waals surface area contributed by atoms with Gasteiger partial charge in [0.2, 0.25) is 5.91 Å². The lowest BCUT2D eigenvalue weighted by Gasteiger charge is -2.30. The number of nitrogens with one attached hydrogen (secondary N) is 1. The van der Waals surface area contributed by atoms with E-state index in [2.05, 4.69) is 5.32 Å². The van der Waals surface area contributed by atoms with E-state index in [-0.39, 0.29) is 17.6 Å². The van der Waals surface area contributed by atoms with Crippen LogP contribution in [0.15, 0.2) is 6.20 Å². The largest absolute Gasteiger partial charge is 0.477 e. The summed E-state index contributed by atoms with van der Waals surface area (Å²) in [5, 5.41) is 11.9. The summed E-state index contributed by atoms with van der Waals surface area (Å²) in [7, 11) is 1.68. The quantitative estimate of drug-likeness (QED) is 0.749. The first-order valence-corrected chi connectivity index (χ1v) is 5.59. The third kappa shape index (κ3) is 1.26. The highest BCUT2D eigenvalue weighted by Gasteiger charge is 2.39. The molecule has 0 unspecified atom stereocenters. The fraction of sp³-hybridized carbons (Fsp3) is 0.455. The van der Waals surface area contributed by atoms with E-state index < -0.39 is 5.97 Å². The summed E-state index contributed by atoms with van der Waals surface area (Å²) in [5.41, 5.74) is 1.40. The van der Waals surface area contributed by atoms with Crippen molar-refractivity contribution in [3.63, 3.8) is 0 Å². The molecule has 1 fully saturated rings.